The number of esters is 1. The van der Waals surface area contributed by atoms with Gasteiger partial charge >= 0.3 is 11.5 Å². The predicted octanol–water partition coefficient (Wildman–Crippen LogP) is 7.28. The van der Waals surface area contributed by atoms with Gasteiger partial charge in [-0.1, -0.05) is 27.5 Å². The van der Waals surface area contributed by atoms with Crippen LogP contribution in [0, 0.1) is 5.82 Å². The third-order valence-electron chi connectivity index (χ3n) is 3.92. The average Bonchev–Trinajstić information content (AvgIpc) is 2.80. The summed E-state index contributed by atoms with van der Waals surface area (Å²) in [4.78, 5) is 9.95. The number of alkyl halides is 5. The molecule has 156 valence electrons. The van der Waals surface area contributed by atoms with E-state index in [1.54, 1.807) is 0 Å². The second-order valence-corrected chi connectivity index (χ2v) is 8.55. The molecule has 0 saturated heterocycles. The molecule has 0 bridgehead atoms. The van der Waals surface area contributed by atoms with Crippen LogP contribution in [0.2, 0.25) is 5.02 Å². The van der Waals surface area contributed by atoms with Gasteiger partial charge in [-0.05, 0) is 36.0 Å². The second-order valence-electron chi connectivity index (χ2n) is 6.02. The monoisotopic (exact) mass is 516 g/mol. The maximum Gasteiger partial charge on any atom is 0.446 e. The standard InChI is InChI=1S/C18H11BrClF5O3S/c1-7(26)27-17-14-12(29-18(23,24)25)3-2-11(13(14)15(19)16(17)22)28-10-5-8(20)4-9(21)6-10/h2-6,15-17H,1H3/t15?,16-,17+/m1/s1. The first kappa shape index (κ1) is 22.2. The van der Waals surface area contributed by atoms with Gasteiger partial charge in [-0.3, -0.25) is 4.79 Å². The number of thioether (sulfide) groups is 1. The summed E-state index contributed by atoms with van der Waals surface area (Å²) in [6.45, 7) is 1.03. The van der Waals surface area contributed by atoms with E-state index in [1.165, 1.54) is 12.1 Å². The quantitative estimate of drug-likeness (QED) is 0.185. The normalized spacial score (nSPS) is 21.0. The van der Waals surface area contributed by atoms with E-state index in [-0.39, 0.29) is 32.5 Å². The Balaban J connectivity index is 2.13. The van der Waals surface area contributed by atoms with Crippen molar-refractivity contribution in [2.45, 2.75) is 34.4 Å². The van der Waals surface area contributed by atoms with Gasteiger partial charge in [0.1, 0.15) is 17.3 Å². The largest absolute Gasteiger partial charge is 0.457 e. The van der Waals surface area contributed by atoms with Crippen molar-refractivity contribution in [1.29, 1.82) is 0 Å². The average molecular weight is 518 g/mol. The van der Waals surface area contributed by atoms with Crippen molar-refractivity contribution >= 4 is 45.3 Å². The Hall–Kier alpha value is -1.52. The van der Waals surface area contributed by atoms with Crippen molar-refractivity contribution in [2.75, 3.05) is 0 Å². The van der Waals surface area contributed by atoms with Crippen LogP contribution in [0.15, 0.2) is 35.2 Å². The summed E-state index contributed by atoms with van der Waals surface area (Å²) in [5, 5.41) is 0.0393. The Morgan fingerprint density at radius 1 is 1.21 bits per heavy atom. The van der Waals surface area contributed by atoms with Crippen LogP contribution in [0.5, 0.6) is 11.5 Å². The number of hydrogen-bond acceptors (Lipinski definition) is 4. The van der Waals surface area contributed by atoms with Crippen molar-refractivity contribution in [2.24, 2.45) is 0 Å². The molecule has 29 heavy (non-hydrogen) atoms. The van der Waals surface area contributed by atoms with Crippen molar-refractivity contribution in [1.82, 2.24) is 0 Å². The molecule has 0 spiro atoms. The number of halogens is 7. The van der Waals surface area contributed by atoms with Crippen molar-refractivity contribution < 1.29 is 36.2 Å². The number of ether oxygens (including phenoxy) is 2. The van der Waals surface area contributed by atoms with E-state index in [9.17, 15) is 26.7 Å². The lowest BCUT2D eigenvalue weighted by Gasteiger charge is -2.19. The van der Waals surface area contributed by atoms with E-state index in [1.807, 2.05) is 0 Å². The number of carbonyl (C=O) groups is 1. The molecule has 1 aliphatic rings. The predicted molar refractivity (Wildman–Crippen MR) is 101 cm³/mol. The maximum absolute atomic E-state index is 14.8. The highest BCUT2D eigenvalue weighted by molar-refractivity contribution is 9.09. The summed E-state index contributed by atoms with van der Waals surface area (Å²) in [5.74, 6) is -1.59. The third-order valence-corrected chi connectivity index (χ3v) is 5.91. The van der Waals surface area contributed by atoms with E-state index in [0.29, 0.717) is 0 Å². The van der Waals surface area contributed by atoms with Crippen LogP contribution < -0.4 is 4.74 Å². The molecule has 3 nitrogen and oxygen atoms in total. The molecule has 1 unspecified atom stereocenters. The third kappa shape index (κ3) is 4.97. The number of carbonyl (C=O) groups excluding carboxylic acids is 1. The van der Waals surface area contributed by atoms with Gasteiger partial charge in [0, 0.05) is 34.0 Å². The van der Waals surface area contributed by atoms with E-state index >= 15 is 0 Å². The summed E-state index contributed by atoms with van der Waals surface area (Å²) < 4.78 is 77.9. The molecule has 0 radical (unpaired) electrons. The fourth-order valence-electron chi connectivity index (χ4n) is 2.97. The molecule has 0 N–H and O–H groups in total. The van der Waals surface area contributed by atoms with Crippen LogP contribution in [0.4, 0.5) is 22.0 Å². The van der Waals surface area contributed by atoms with Crippen LogP contribution >= 0.6 is 39.3 Å². The first-order valence-corrected chi connectivity index (χ1v) is 10.1. The van der Waals surface area contributed by atoms with Gasteiger partial charge < -0.3 is 9.47 Å². The highest BCUT2D eigenvalue weighted by Gasteiger charge is 2.47. The molecule has 1 aliphatic carbocycles. The summed E-state index contributed by atoms with van der Waals surface area (Å²) in [6.07, 6.45) is -3.42. The summed E-state index contributed by atoms with van der Waals surface area (Å²) >= 11 is 8.44. The minimum absolute atomic E-state index is 0.0210. The number of hydrogen-bond donors (Lipinski definition) is 0. The highest BCUT2D eigenvalue weighted by Crippen LogP contribution is 2.56. The molecule has 11 heteroatoms. The number of fused-ring (bicyclic) bond motifs is 1. The smallest absolute Gasteiger partial charge is 0.446 e. The molecule has 2 aromatic rings. The maximum atomic E-state index is 14.8. The van der Waals surface area contributed by atoms with Crippen LogP contribution in [-0.4, -0.2) is 17.6 Å². The minimum atomic E-state index is -4.65. The molecule has 3 atom stereocenters. The molecule has 0 fully saturated rings. The lowest BCUT2D eigenvalue weighted by molar-refractivity contribution is -0.149. The minimum Gasteiger partial charge on any atom is -0.457 e. The van der Waals surface area contributed by atoms with Gasteiger partial charge in [0.2, 0.25) is 0 Å². The number of rotatable bonds is 4. The summed E-state index contributed by atoms with van der Waals surface area (Å²) in [7, 11) is 0. The SMILES string of the molecule is CC(=O)O[C@H]1c2c(SC(F)(F)F)ccc(Oc3cc(F)cc(Cl)c3)c2C(Br)[C@H]1F. The van der Waals surface area contributed by atoms with Gasteiger partial charge in [-0.25, -0.2) is 8.78 Å². The molecule has 0 amide bonds. The van der Waals surface area contributed by atoms with E-state index in [0.717, 1.165) is 25.1 Å². The zero-order valence-electron chi connectivity index (χ0n) is 14.4. The van der Waals surface area contributed by atoms with Crippen molar-refractivity contribution in [3.05, 3.63) is 52.3 Å². The van der Waals surface area contributed by atoms with Gasteiger partial charge in [0.15, 0.2) is 12.3 Å². The topological polar surface area (TPSA) is 35.5 Å². The number of benzene rings is 2. The van der Waals surface area contributed by atoms with Crippen LogP contribution in [0.25, 0.3) is 0 Å². The molecule has 0 aromatic heterocycles. The van der Waals surface area contributed by atoms with Crippen LogP contribution in [0.3, 0.4) is 0 Å². The molecule has 3 rings (SSSR count). The molecule has 0 heterocycles. The zero-order valence-corrected chi connectivity index (χ0v) is 17.6. The second kappa shape index (κ2) is 8.31. The Kier molecular flexibility index (Phi) is 6.35. The van der Waals surface area contributed by atoms with E-state index in [2.05, 4.69) is 15.9 Å². The molecule has 0 saturated carbocycles. The molecular weight excluding hydrogens is 507 g/mol. The van der Waals surface area contributed by atoms with Gasteiger partial charge in [-0.2, -0.15) is 13.2 Å². The highest BCUT2D eigenvalue weighted by atomic mass is 79.9. The molecular formula is C18H11BrClF5O3S. The Morgan fingerprint density at radius 3 is 2.48 bits per heavy atom. The van der Waals surface area contributed by atoms with Crippen molar-refractivity contribution in [3.8, 4) is 11.5 Å². The molecule has 0 aliphatic heterocycles. The van der Waals surface area contributed by atoms with Crippen LogP contribution in [0.1, 0.15) is 29.0 Å². The first-order valence-electron chi connectivity index (χ1n) is 7.98. The summed E-state index contributed by atoms with van der Waals surface area (Å²) in [5.41, 5.74) is -4.77. The Bertz CT molecular complexity index is 936. The van der Waals surface area contributed by atoms with E-state index in [4.69, 9.17) is 21.1 Å². The summed E-state index contributed by atoms with van der Waals surface area (Å²) in [6, 6.07) is 5.66. The van der Waals surface area contributed by atoms with Crippen LogP contribution in [-0.2, 0) is 9.53 Å². The fourth-order valence-corrected chi connectivity index (χ4v) is 4.65. The fraction of sp³-hybridized carbons (Fsp3) is 0.278. The van der Waals surface area contributed by atoms with E-state index < -0.39 is 46.2 Å². The van der Waals surface area contributed by atoms with Gasteiger partial charge in [0.05, 0.1) is 4.83 Å². The Labute approximate surface area is 179 Å². The molecule has 2 aromatic carbocycles. The van der Waals surface area contributed by atoms with Crippen molar-refractivity contribution in [3.63, 3.8) is 0 Å². The Morgan fingerprint density at radius 2 is 1.90 bits per heavy atom. The lowest BCUT2D eigenvalue weighted by atomic mass is 10.1. The van der Waals surface area contributed by atoms with Gasteiger partial charge in [-0.15, -0.1) is 0 Å². The lowest BCUT2D eigenvalue weighted by Crippen LogP contribution is -2.16. The van der Waals surface area contributed by atoms with Gasteiger partial charge in [0.25, 0.3) is 0 Å². The zero-order chi connectivity index (χ0) is 21.5. The first-order chi connectivity index (χ1) is 13.5.